The van der Waals surface area contributed by atoms with E-state index in [4.69, 9.17) is 10.6 Å². The Morgan fingerprint density at radius 3 is 2.63 bits per heavy atom. The van der Waals surface area contributed by atoms with Crippen LogP contribution in [0.3, 0.4) is 0 Å². The molecule has 0 saturated heterocycles. The molecule has 1 rings (SSSR count). The predicted molar refractivity (Wildman–Crippen MR) is 67.6 cm³/mol. The van der Waals surface area contributed by atoms with E-state index in [9.17, 15) is 13.2 Å². The number of nitrogens with zero attached hydrogens (tertiary/aromatic N) is 2. The molecule has 19 heavy (non-hydrogen) atoms. The molecule has 1 aromatic rings. The fraction of sp³-hybridized carbons (Fsp3) is 0.556. The average Bonchev–Trinajstić information content (AvgIpc) is 2.34. The van der Waals surface area contributed by atoms with Crippen LogP contribution in [-0.2, 0) is 11.3 Å². The third kappa shape index (κ3) is 6.45. The minimum atomic E-state index is -4.22. The van der Waals surface area contributed by atoms with Crippen molar-refractivity contribution in [1.29, 1.82) is 0 Å². The third-order valence-corrected chi connectivity index (χ3v) is 2.60. The number of thioether (sulfide) groups is 1. The molecule has 0 aromatic carbocycles. The molecular weight excluding hydrogens is 283 g/mol. The number of hydrogen-bond acceptors (Lipinski definition) is 7. The van der Waals surface area contributed by atoms with Crippen LogP contribution in [0.5, 0.6) is 0 Å². The molecule has 1 aromatic heterocycles. The number of nitrogens with one attached hydrogen (secondary N) is 2. The van der Waals surface area contributed by atoms with Crippen LogP contribution in [0.1, 0.15) is 5.82 Å². The van der Waals surface area contributed by atoms with Gasteiger partial charge in [0.2, 0.25) is 0 Å². The molecule has 0 atom stereocenters. The lowest BCUT2D eigenvalue weighted by Gasteiger charge is -2.10. The van der Waals surface area contributed by atoms with Crippen LogP contribution in [-0.4, -0.2) is 34.9 Å². The molecule has 0 spiro atoms. The summed E-state index contributed by atoms with van der Waals surface area (Å²) in [5.74, 6) is 6.24. The first-order chi connectivity index (χ1) is 8.94. The monoisotopic (exact) mass is 297 g/mol. The first kappa shape index (κ1) is 15.8. The van der Waals surface area contributed by atoms with Gasteiger partial charge in [-0.1, -0.05) is 0 Å². The van der Waals surface area contributed by atoms with E-state index in [1.807, 2.05) is 0 Å². The lowest BCUT2D eigenvalue weighted by atomic mass is 10.5. The summed E-state index contributed by atoms with van der Waals surface area (Å²) in [4.78, 5) is 8.08. The van der Waals surface area contributed by atoms with Crippen molar-refractivity contribution in [3.63, 3.8) is 0 Å². The van der Waals surface area contributed by atoms with Crippen molar-refractivity contribution in [1.82, 2.24) is 9.97 Å². The van der Waals surface area contributed by atoms with Crippen molar-refractivity contribution in [2.45, 2.75) is 12.1 Å². The number of nitrogens with two attached hydrogens (primary N) is 1. The van der Waals surface area contributed by atoms with Gasteiger partial charge < -0.3 is 15.5 Å². The number of aromatic nitrogens is 2. The number of halogens is 3. The van der Waals surface area contributed by atoms with E-state index in [1.54, 1.807) is 0 Å². The summed E-state index contributed by atoms with van der Waals surface area (Å²) in [6.45, 7) is 0.305. The van der Waals surface area contributed by atoms with Gasteiger partial charge in [-0.25, -0.2) is 15.8 Å². The fourth-order valence-electron chi connectivity index (χ4n) is 1.20. The molecule has 0 bridgehead atoms. The van der Waals surface area contributed by atoms with E-state index in [1.165, 1.54) is 13.2 Å². The number of nitrogen functional groups attached to an aromatic ring is 1. The van der Waals surface area contributed by atoms with Crippen LogP contribution in [0.4, 0.5) is 24.8 Å². The zero-order valence-corrected chi connectivity index (χ0v) is 10.9. The van der Waals surface area contributed by atoms with Crippen LogP contribution >= 0.6 is 11.8 Å². The number of anilines is 2. The lowest BCUT2D eigenvalue weighted by molar-refractivity contribution is -0.0327. The number of hydrazine groups is 1. The van der Waals surface area contributed by atoms with Crippen LogP contribution in [0, 0.1) is 0 Å². The van der Waals surface area contributed by atoms with Gasteiger partial charge in [0.25, 0.3) is 0 Å². The van der Waals surface area contributed by atoms with Gasteiger partial charge in [0.1, 0.15) is 18.2 Å². The summed E-state index contributed by atoms with van der Waals surface area (Å²) in [6.07, 6.45) is 0. The molecule has 108 valence electrons. The second-order valence-electron chi connectivity index (χ2n) is 3.35. The van der Waals surface area contributed by atoms with Crippen molar-refractivity contribution in [2.75, 3.05) is 30.1 Å². The summed E-state index contributed by atoms with van der Waals surface area (Å²) in [5.41, 5.74) is -1.87. The molecule has 0 amide bonds. The number of methoxy groups -OCH3 is 1. The van der Waals surface area contributed by atoms with Crippen molar-refractivity contribution >= 4 is 23.4 Å². The van der Waals surface area contributed by atoms with Crippen molar-refractivity contribution in [3.8, 4) is 0 Å². The maximum absolute atomic E-state index is 11.9. The Morgan fingerprint density at radius 2 is 2.05 bits per heavy atom. The minimum absolute atomic E-state index is 0.0937. The Kier molecular flexibility index (Phi) is 6.12. The van der Waals surface area contributed by atoms with E-state index < -0.39 is 5.51 Å². The van der Waals surface area contributed by atoms with E-state index in [2.05, 4.69) is 20.7 Å². The predicted octanol–water partition coefficient (Wildman–Crippen LogP) is 1.57. The molecule has 0 unspecified atom stereocenters. The number of hydrogen-bond donors (Lipinski definition) is 3. The van der Waals surface area contributed by atoms with Gasteiger partial charge in [0, 0.05) is 25.5 Å². The Balaban J connectivity index is 2.54. The molecule has 0 fully saturated rings. The van der Waals surface area contributed by atoms with Gasteiger partial charge in [0.15, 0.2) is 5.82 Å². The fourth-order valence-corrected chi connectivity index (χ4v) is 1.64. The summed E-state index contributed by atoms with van der Waals surface area (Å²) >= 11 is -0.0937. The highest BCUT2D eigenvalue weighted by Crippen LogP contribution is 2.29. The van der Waals surface area contributed by atoms with Gasteiger partial charge in [-0.05, 0) is 11.8 Å². The van der Waals surface area contributed by atoms with Crippen LogP contribution in [0.2, 0.25) is 0 Å². The smallest absolute Gasteiger partial charge is 0.377 e. The highest BCUT2D eigenvalue weighted by molar-refractivity contribution is 8.00. The second kappa shape index (κ2) is 7.36. The minimum Gasteiger partial charge on any atom is -0.377 e. The summed E-state index contributed by atoms with van der Waals surface area (Å²) in [7, 11) is 1.49. The van der Waals surface area contributed by atoms with Gasteiger partial charge in [-0.15, -0.1) is 0 Å². The topological polar surface area (TPSA) is 85.1 Å². The highest BCUT2D eigenvalue weighted by Gasteiger charge is 2.27. The van der Waals surface area contributed by atoms with Gasteiger partial charge in [0.05, 0.1) is 0 Å². The summed E-state index contributed by atoms with van der Waals surface area (Å²) in [5, 5.41) is 2.77. The molecule has 0 aliphatic rings. The van der Waals surface area contributed by atoms with Crippen LogP contribution in [0.25, 0.3) is 0 Å². The SMILES string of the molecule is COCc1nc(NN)cc(NCCSC(F)(F)F)n1. The number of ether oxygens (including phenoxy) is 1. The first-order valence-corrected chi connectivity index (χ1v) is 6.21. The van der Waals surface area contributed by atoms with E-state index in [-0.39, 0.29) is 30.7 Å². The molecule has 6 nitrogen and oxygen atoms in total. The van der Waals surface area contributed by atoms with Crippen LogP contribution in [0.15, 0.2) is 6.07 Å². The average molecular weight is 297 g/mol. The van der Waals surface area contributed by atoms with Crippen molar-refractivity contribution in [3.05, 3.63) is 11.9 Å². The van der Waals surface area contributed by atoms with Gasteiger partial charge in [-0.2, -0.15) is 13.2 Å². The van der Waals surface area contributed by atoms with E-state index in [0.717, 1.165) is 0 Å². The largest absolute Gasteiger partial charge is 0.441 e. The van der Waals surface area contributed by atoms with E-state index in [0.29, 0.717) is 17.5 Å². The summed E-state index contributed by atoms with van der Waals surface area (Å²) < 4.78 is 40.7. The maximum atomic E-state index is 11.9. The number of alkyl halides is 3. The van der Waals surface area contributed by atoms with E-state index >= 15 is 0 Å². The molecule has 0 aliphatic heterocycles. The zero-order chi connectivity index (χ0) is 14.3. The van der Waals surface area contributed by atoms with Crippen molar-refractivity contribution < 1.29 is 17.9 Å². The summed E-state index contributed by atoms with van der Waals surface area (Å²) in [6, 6.07) is 1.50. The Morgan fingerprint density at radius 1 is 1.37 bits per heavy atom. The standard InChI is InChI=1S/C9H14F3N5OS/c1-18-5-8-15-6(4-7(16-8)17-13)14-2-3-19-9(10,11)12/h4H,2-3,5,13H2,1H3,(H2,14,15,16,17). The molecule has 4 N–H and O–H groups in total. The van der Waals surface area contributed by atoms with Crippen LogP contribution < -0.4 is 16.6 Å². The maximum Gasteiger partial charge on any atom is 0.441 e. The normalized spacial score (nSPS) is 11.4. The zero-order valence-electron chi connectivity index (χ0n) is 10.1. The lowest BCUT2D eigenvalue weighted by Crippen LogP contribution is -2.14. The molecule has 0 saturated carbocycles. The Labute approximate surface area is 112 Å². The van der Waals surface area contributed by atoms with Gasteiger partial charge in [-0.3, -0.25) is 0 Å². The van der Waals surface area contributed by atoms with Crippen molar-refractivity contribution in [2.24, 2.45) is 5.84 Å². The first-order valence-electron chi connectivity index (χ1n) is 5.22. The highest BCUT2D eigenvalue weighted by atomic mass is 32.2. The quantitative estimate of drug-likeness (QED) is 0.400. The molecular formula is C9H14F3N5OS. The second-order valence-corrected chi connectivity index (χ2v) is 4.51. The number of rotatable bonds is 7. The molecule has 0 radical (unpaired) electrons. The molecule has 10 heteroatoms. The van der Waals surface area contributed by atoms with Gasteiger partial charge >= 0.3 is 5.51 Å². The Bertz CT molecular complexity index is 404. The third-order valence-electron chi connectivity index (χ3n) is 1.87. The molecule has 1 heterocycles. The Hall–Kier alpha value is -1.26. The molecule has 0 aliphatic carbocycles.